The molecule has 0 saturated carbocycles. The van der Waals surface area contributed by atoms with Crippen molar-refractivity contribution in [3.8, 4) is 0 Å². The normalized spacial score (nSPS) is 11.8. The second-order valence-corrected chi connectivity index (χ2v) is 6.76. The molecule has 0 radical (unpaired) electrons. The zero-order valence-corrected chi connectivity index (χ0v) is 15.9. The Morgan fingerprint density at radius 1 is 1.15 bits per heavy atom. The number of fused-ring (bicyclic) bond motifs is 1. The Kier molecular flexibility index (Phi) is 5.94. The van der Waals surface area contributed by atoms with Crippen molar-refractivity contribution in [1.29, 1.82) is 0 Å². The van der Waals surface area contributed by atoms with Gasteiger partial charge in [0.2, 0.25) is 0 Å². The SMILES string of the molecule is C[C@@H](OC(=O)Cc1cccc2ccccc12)C(=O)Nc1ncc(Cl)cc1Cl. The number of hydrogen-bond acceptors (Lipinski definition) is 4. The molecule has 0 unspecified atom stereocenters. The van der Waals surface area contributed by atoms with E-state index in [0.717, 1.165) is 16.3 Å². The number of halogens is 2. The molecule has 138 valence electrons. The van der Waals surface area contributed by atoms with Crippen molar-refractivity contribution in [3.05, 3.63) is 70.3 Å². The number of hydrogen-bond donors (Lipinski definition) is 1. The van der Waals surface area contributed by atoms with E-state index in [1.807, 2.05) is 42.5 Å². The molecule has 2 aromatic carbocycles. The van der Waals surface area contributed by atoms with Crippen molar-refractivity contribution in [1.82, 2.24) is 4.98 Å². The monoisotopic (exact) mass is 402 g/mol. The standard InChI is InChI=1S/C20H16Cl2N2O3/c1-12(20(26)24-19-17(22)10-15(21)11-23-19)27-18(25)9-14-7-4-6-13-5-2-3-8-16(13)14/h2-8,10-12H,9H2,1H3,(H,23,24,26)/t12-/m1/s1. The molecule has 0 bridgehead atoms. The number of nitrogens with zero attached hydrogens (tertiary/aromatic N) is 1. The van der Waals surface area contributed by atoms with Gasteiger partial charge in [0, 0.05) is 6.20 Å². The lowest BCUT2D eigenvalue weighted by molar-refractivity contribution is -0.152. The lowest BCUT2D eigenvalue weighted by atomic mass is 10.0. The van der Waals surface area contributed by atoms with E-state index in [-0.39, 0.29) is 17.3 Å². The predicted molar refractivity (Wildman–Crippen MR) is 106 cm³/mol. The summed E-state index contributed by atoms with van der Waals surface area (Å²) in [7, 11) is 0. The summed E-state index contributed by atoms with van der Waals surface area (Å²) < 4.78 is 5.25. The summed E-state index contributed by atoms with van der Waals surface area (Å²) in [5.41, 5.74) is 0.841. The van der Waals surface area contributed by atoms with Crippen LogP contribution in [0.5, 0.6) is 0 Å². The van der Waals surface area contributed by atoms with Gasteiger partial charge < -0.3 is 10.1 Å². The smallest absolute Gasteiger partial charge is 0.311 e. The van der Waals surface area contributed by atoms with Gasteiger partial charge in [0.25, 0.3) is 5.91 Å². The van der Waals surface area contributed by atoms with Crippen molar-refractivity contribution in [2.24, 2.45) is 0 Å². The molecule has 0 aliphatic rings. The Labute approximate surface area is 166 Å². The van der Waals surface area contributed by atoms with E-state index < -0.39 is 18.0 Å². The molecule has 0 aliphatic carbocycles. The summed E-state index contributed by atoms with van der Waals surface area (Å²) in [6.45, 7) is 1.49. The maximum absolute atomic E-state index is 12.3. The Morgan fingerprint density at radius 2 is 1.89 bits per heavy atom. The first kappa shape index (κ1) is 19.1. The van der Waals surface area contributed by atoms with Crippen LogP contribution in [0.4, 0.5) is 5.82 Å². The van der Waals surface area contributed by atoms with Crippen molar-refractivity contribution in [2.45, 2.75) is 19.4 Å². The van der Waals surface area contributed by atoms with Crippen LogP contribution in [-0.2, 0) is 20.7 Å². The molecule has 0 aliphatic heterocycles. The number of benzene rings is 2. The number of carbonyl (C=O) groups is 2. The molecule has 1 amide bonds. The van der Waals surface area contributed by atoms with Gasteiger partial charge >= 0.3 is 5.97 Å². The Bertz CT molecular complexity index is 1000. The van der Waals surface area contributed by atoms with Crippen molar-refractivity contribution < 1.29 is 14.3 Å². The van der Waals surface area contributed by atoms with E-state index in [9.17, 15) is 9.59 Å². The summed E-state index contributed by atoms with van der Waals surface area (Å²) in [6, 6.07) is 15.0. The highest BCUT2D eigenvalue weighted by molar-refractivity contribution is 6.36. The molecule has 3 rings (SSSR count). The molecule has 3 aromatic rings. The van der Waals surface area contributed by atoms with Crippen LogP contribution >= 0.6 is 23.2 Å². The quantitative estimate of drug-likeness (QED) is 0.630. The van der Waals surface area contributed by atoms with Gasteiger partial charge in [0.15, 0.2) is 11.9 Å². The van der Waals surface area contributed by atoms with Gasteiger partial charge in [-0.25, -0.2) is 4.98 Å². The molecular formula is C20H16Cl2N2O3. The van der Waals surface area contributed by atoms with E-state index >= 15 is 0 Å². The number of nitrogens with one attached hydrogen (secondary N) is 1. The van der Waals surface area contributed by atoms with E-state index in [2.05, 4.69) is 10.3 Å². The number of rotatable bonds is 5. The molecule has 0 spiro atoms. The number of pyridine rings is 1. The average Bonchev–Trinajstić information content (AvgIpc) is 2.64. The molecule has 1 aromatic heterocycles. The van der Waals surface area contributed by atoms with Crippen LogP contribution in [0.3, 0.4) is 0 Å². The lowest BCUT2D eigenvalue weighted by Crippen LogP contribution is -2.30. The molecule has 5 nitrogen and oxygen atoms in total. The minimum absolute atomic E-state index is 0.0684. The van der Waals surface area contributed by atoms with E-state index in [1.165, 1.54) is 19.2 Å². The maximum Gasteiger partial charge on any atom is 0.311 e. The van der Waals surface area contributed by atoms with Crippen LogP contribution in [0.2, 0.25) is 10.0 Å². The predicted octanol–water partition coefficient (Wildman–Crippen LogP) is 4.65. The van der Waals surface area contributed by atoms with E-state index in [0.29, 0.717) is 5.02 Å². The maximum atomic E-state index is 12.3. The first-order chi connectivity index (χ1) is 12.9. The largest absolute Gasteiger partial charge is 0.452 e. The number of amides is 1. The molecule has 1 N–H and O–H groups in total. The van der Waals surface area contributed by atoms with Crippen LogP contribution in [-0.4, -0.2) is 23.0 Å². The molecule has 1 heterocycles. The van der Waals surface area contributed by atoms with Gasteiger partial charge in [-0.05, 0) is 29.3 Å². The van der Waals surface area contributed by atoms with Crippen molar-refractivity contribution >= 4 is 51.7 Å². The number of aromatic nitrogens is 1. The van der Waals surface area contributed by atoms with Crippen LogP contribution in [0.25, 0.3) is 10.8 Å². The molecule has 1 atom stereocenters. The highest BCUT2D eigenvalue weighted by Gasteiger charge is 2.20. The fourth-order valence-electron chi connectivity index (χ4n) is 2.62. The third-order valence-corrected chi connectivity index (χ3v) is 4.44. The summed E-state index contributed by atoms with van der Waals surface area (Å²) in [4.78, 5) is 28.4. The van der Waals surface area contributed by atoms with Gasteiger partial charge in [-0.1, -0.05) is 65.7 Å². The fourth-order valence-corrected chi connectivity index (χ4v) is 3.05. The van der Waals surface area contributed by atoms with Gasteiger partial charge in [0.05, 0.1) is 16.5 Å². The molecule has 0 fully saturated rings. The Balaban J connectivity index is 1.63. The second-order valence-electron chi connectivity index (χ2n) is 5.92. The zero-order valence-electron chi connectivity index (χ0n) is 14.4. The molecule has 27 heavy (non-hydrogen) atoms. The van der Waals surface area contributed by atoms with Gasteiger partial charge in [-0.15, -0.1) is 0 Å². The minimum atomic E-state index is -0.999. The van der Waals surface area contributed by atoms with Crippen LogP contribution in [0.1, 0.15) is 12.5 Å². The van der Waals surface area contributed by atoms with Gasteiger partial charge in [0.1, 0.15) is 0 Å². The van der Waals surface area contributed by atoms with E-state index in [1.54, 1.807) is 0 Å². The van der Waals surface area contributed by atoms with Crippen LogP contribution < -0.4 is 5.32 Å². The highest BCUT2D eigenvalue weighted by Crippen LogP contribution is 2.23. The summed E-state index contributed by atoms with van der Waals surface area (Å²) in [5.74, 6) is -0.870. The topological polar surface area (TPSA) is 68.3 Å². The average molecular weight is 403 g/mol. The zero-order chi connectivity index (χ0) is 19.4. The Morgan fingerprint density at radius 3 is 2.67 bits per heavy atom. The minimum Gasteiger partial charge on any atom is -0.452 e. The molecule has 0 saturated heterocycles. The van der Waals surface area contributed by atoms with Gasteiger partial charge in [-0.2, -0.15) is 0 Å². The van der Waals surface area contributed by atoms with Crippen molar-refractivity contribution in [2.75, 3.05) is 5.32 Å². The van der Waals surface area contributed by atoms with Crippen LogP contribution in [0, 0.1) is 0 Å². The fraction of sp³-hybridized carbons (Fsp3) is 0.150. The van der Waals surface area contributed by atoms with Gasteiger partial charge in [-0.3, -0.25) is 9.59 Å². The number of esters is 1. The van der Waals surface area contributed by atoms with Crippen LogP contribution in [0.15, 0.2) is 54.7 Å². The first-order valence-electron chi connectivity index (χ1n) is 8.22. The third-order valence-electron chi connectivity index (χ3n) is 3.94. The molecule has 7 heteroatoms. The second kappa shape index (κ2) is 8.37. The number of ether oxygens (including phenoxy) is 1. The van der Waals surface area contributed by atoms with Crippen molar-refractivity contribution in [3.63, 3.8) is 0 Å². The number of anilines is 1. The summed E-state index contributed by atoms with van der Waals surface area (Å²) in [6.07, 6.45) is 0.431. The summed E-state index contributed by atoms with van der Waals surface area (Å²) >= 11 is 11.8. The summed E-state index contributed by atoms with van der Waals surface area (Å²) in [5, 5.41) is 5.09. The highest BCUT2D eigenvalue weighted by atomic mass is 35.5. The third kappa shape index (κ3) is 4.76. The first-order valence-corrected chi connectivity index (χ1v) is 8.97. The van der Waals surface area contributed by atoms with E-state index in [4.69, 9.17) is 27.9 Å². The lowest BCUT2D eigenvalue weighted by Gasteiger charge is -2.14. The Hall–Kier alpha value is -2.63. The molecular weight excluding hydrogens is 387 g/mol. The number of carbonyl (C=O) groups excluding carboxylic acids is 2.